The van der Waals surface area contributed by atoms with Crippen LogP contribution in [0, 0.1) is 5.92 Å². The van der Waals surface area contributed by atoms with Crippen LogP contribution in [0.25, 0.3) is 0 Å². The molecule has 0 saturated carbocycles. The van der Waals surface area contributed by atoms with Crippen molar-refractivity contribution in [3.05, 3.63) is 18.3 Å². The largest absolute Gasteiger partial charge is 0.490 e. The third-order valence-electron chi connectivity index (χ3n) is 3.54. The van der Waals surface area contributed by atoms with Crippen LogP contribution in [0.2, 0.25) is 0 Å². The van der Waals surface area contributed by atoms with Crippen molar-refractivity contribution in [2.75, 3.05) is 31.1 Å². The maximum atomic E-state index is 5.74. The van der Waals surface area contributed by atoms with E-state index in [1.165, 1.54) is 12.8 Å². The summed E-state index contributed by atoms with van der Waals surface area (Å²) in [5, 5.41) is 3.57. The van der Waals surface area contributed by atoms with E-state index in [9.17, 15) is 0 Å². The lowest BCUT2D eigenvalue weighted by molar-refractivity contribution is 0.338. The van der Waals surface area contributed by atoms with Crippen LogP contribution < -0.4 is 15.0 Å². The topological polar surface area (TPSA) is 37.4 Å². The summed E-state index contributed by atoms with van der Waals surface area (Å²) in [5.74, 6) is 2.48. The van der Waals surface area contributed by atoms with Crippen LogP contribution in [0.3, 0.4) is 0 Å². The molecule has 1 aliphatic rings. The molecule has 0 radical (unpaired) electrons. The highest BCUT2D eigenvalue weighted by atomic mass is 16.5. The standard InChI is InChI=1S/C16H27N3O/c1-4-20-15-8-6-10-18-16(15)19(11-13(2)3)12-14-7-5-9-17-14/h6,8,10,13-14,17H,4-5,7,9,11-12H2,1-3H3. The quantitative estimate of drug-likeness (QED) is 0.831. The molecule has 1 N–H and O–H groups in total. The van der Waals surface area contributed by atoms with Crippen LogP contribution in [0.4, 0.5) is 5.82 Å². The van der Waals surface area contributed by atoms with E-state index < -0.39 is 0 Å². The van der Waals surface area contributed by atoms with Gasteiger partial charge >= 0.3 is 0 Å². The maximum absolute atomic E-state index is 5.74. The van der Waals surface area contributed by atoms with Gasteiger partial charge in [-0.25, -0.2) is 4.98 Å². The summed E-state index contributed by atoms with van der Waals surface area (Å²) in [5.41, 5.74) is 0. The average Bonchev–Trinajstić information content (AvgIpc) is 2.91. The fraction of sp³-hybridized carbons (Fsp3) is 0.688. The van der Waals surface area contributed by atoms with Crippen molar-refractivity contribution in [3.63, 3.8) is 0 Å². The first-order chi connectivity index (χ1) is 9.70. The third-order valence-corrected chi connectivity index (χ3v) is 3.54. The van der Waals surface area contributed by atoms with Crippen molar-refractivity contribution in [1.82, 2.24) is 10.3 Å². The molecule has 1 fully saturated rings. The molecule has 1 atom stereocenters. The summed E-state index contributed by atoms with van der Waals surface area (Å²) in [6.07, 6.45) is 4.39. The minimum Gasteiger partial charge on any atom is -0.490 e. The van der Waals surface area contributed by atoms with Crippen LogP contribution >= 0.6 is 0 Å². The lowest BCUT2D eigenvalue weighted by Gasteiger charge is -2.29. The Hall–Kier alpha value is -1.29. The normalized spacial score (nSPS) is 18.5. The van der Waals surface area contributed by atoms with Crippen LogP contribution in [0.5, 0.6) is 5.75 Å². The first kappa shape index (κ1) is 15.1. The summed E-state index contributed by atoms with van der Waals surface area (Å²) >= 11 is 0. The van der Waals surface area contributed by atoms with Crippen molar-refractivity contribution in [3.8, 4) is 5.75 Å². The number of anilines is 1. The average molecular weight is 277 g/mol. The predicted octanol–water partition coefficient (Wildman–Crippen LogP) is 2.69. The lowest BCUT2D eigenvalue weighted by atomic mass is 10.1. The van der Waals surface area contributed by atoms with E-state index in [1.54, 1.807) is 0 Å². The number of nitrogens with zero attached hydrogens (tertiary/aromatic N) is 2. The van der Waals surface area contributed by atoms with Crippen molar-refractivity contribution >= 4 is 5.82 Å². The van der Waals surface area contributed by atoms with Gasteiger partial charge in [-0.05, 0) is 44.4 Å². The van der Waals surface area contributed by atoms with Gasteiger partial charge in [0.2, 0.25) is 0 Å². The molecule has 2 rings (SSSR count). The summed E-state index contributed by atoms with van der Waals surface area (Å²) in [4.78, 5) is 6.94. The molecule has 1 unspecified atom stereocenters. The van der Waals surface area contributed by atoms with Gasteiger partial charge in [0, 0.05) is 25.3 Å². The summed E-state index contributed by atoms with van der Waals surface area (Å²) in [6, 6.07) is 4.53. The van der Waals surface area contributed by atoms with Crippen LogP contribution in [-0.4, -0.2) is 37.3 Å². The Kier molecular flexibility index (Phi) is 5.65. The first-order valence-corrected chi connectivity index (χ1v) is 7.76. The van der Waals surface area contributed by atoms with Gasteiger partial charge in [-0.3, -0.25) is 0 Å². The molecule has 1 saturated heterocycles. The number of pyridine rings is 1. The molecular formula is C16H27N3O. The van der Waals surface area contributed by atoms with Gasteiger partial charge in [-0.15, -0.1) is 0 Å². The smallest absolute Gasteiger partial charge is 0.171 e. The van der Waals surface area contributed by atoms with Crippen LogP contribution in [0.1, 0.15) is 33.6 Å². The SMILES string of the molecule is CCOc1cccnc1N(CC(C)C)CC1CCCN1. The Bertz CT molecular complexity index is 402. The highest BCUT2D eigenvalue weighted by molar-refractivity contribution is 5.52. The fourth-order valence-corrected chi connectivity index (χ4v) is 2.75. The van der Waals surface area contributed by atoms with E-state index in [4.69, 9.17) is 4.74 Å². The van der Waals surface area contributed by atoms with E-state index >= 15 is 0 Å². The molecule has 0 bridgehead atoms. The van der Waals surface area contributed by atoms with Crippen molar-refractivity contribution in [2.24, 2.45) is 5.92 Å². The Morgan fingerprint density at radius 1 is 1.50 bits per heavy atom. The Morgan fingerprint density at radius 2 is 2.35 bits per heavy atom. The molecule has 112 valence electrons. The van der Waals surface area contributed by atoms with Gasteiger partial charge < -0.3 is 15.0 Å². The second-order valence-electron chi connectivity index (χ2n) is 5.85. The number of nitrogens with one attached hydrogen (secondary N) is 1. The molecular weight excluding hydrogens is 250 g/mol. The molecule has 0 amide bonds. The van der Waals surface area contributed by atoms with Crippen LogP contribution in [-0.2, 0) is 0 Å². The number of rotatable bonds is 7. The van der Waals surface area contributed by atoms with E-state index in [1.807, 2.05) is 25.3 Å². The molecule has 4 nitrogen and oxygen atoms in total. The zero-order valence-corrected chi connectivity index (χ0v) is 12.9. The second kappa shape index (κ2) is 7.48. The number of hydrogen-bond acceptors (Lipinski definition) is 4. The van der Waals surface area contributed by atoms with Gasteiger partial charge in [-0.1, -0.05) is 13.8 Å². The summed E-state index contributed by atoms with van der Waals surface area (Å²) < 4.78 is 5.74. The highest BCUT2D eigenvalue weighted by Crippen LogP contribution is 2.26. The van der Waals surface area contributed by atoms with Gasteiger partial charge in [0.15, 0.2) is 11.6 Å². The molecule has 20 heavy (non-hydrogen) atoms. The molecule has 1 aliphatic heterocycles. The summed E-state index contributed by atoms with van der Waals surface area (Å²) in [7, 11) is 0. The van der Waals surface area contributed by atoms with Crippen molar-refractivity contribution in [2.45, 2.75) is 39.7 Å². The maximum Gasteiger partial charge on any atom is 0.171 e. The third kappa shape index (κ3) is 4.10. The van der Waals surface area contributed by atoms with E-state index in [0.717, 1.165) is 31.2 Å². The van der Waals surface area contributed by atoms with Gasteiger partial charge in [0.25, 0.3) is 0 Å². The van der Waals surface area contributed by atoms with Crippen molar-refractivity contribution < 1.29 is 4.74 Å². The fourth-order valence-electron chi connectivity index (χ4n) is 2.75. The molecule has 2 heterocycles. The van der Waals surface area contributed by atoms with Crippen molar-refractivity contribution in [1.29, 1.82) is 0 Å². The van der Waals surface area contributed by atoms with E-state index in [0.29, 0.717) is 18.6 Å². The molecule has 1 aromatic rings. The molecule has 1 aromatic heterocycles. The molecule has 0 spiro atoms. The number of hydrogen-bond donors (Lipinski definition) is 1. The first-order valence-electron chi connectivity index (χ1n) is 7.76. The summed E-state index contributed by atoms with van der Waals surface area (Å²) in [6.45, 7) is 10.3. The minimum absolute atomic E-state index is 0.574. The van der Waals surface area contributed by atoms with Gasteiger partial charge in [0.1, 0.15) is 0 Å². The number of aromatic nitrogens is 1. The second-order valence-corrected chi connectivity index (χ2v) is 5.85. The predicted molar refractivity (Wildman–Crippen MR) is 83.5 cm³/mol. The monoisotopic (exact) mass is 277 g/mol. The molecule has 0 aromatic carbocycles. The molecule has 0 aliphatic carbocycles. The number of ether oxygens (including phenoxy) is 1. The van der Waals surface area contributed by atoms with Crippen LogP contribution in [0.15, 0.2) is 18.3 Å². The van der Waals surface area contributed by atoms with E-state index in [2.05, 4.69) is 29.0 Å². The van der Waals surface area contributed by atoms with Gasteiger partial charge in [0.05, 0.1) is 6.61 Å². The highest BCUT2D eigenvalue weighted by Gasteiger charge is 2.21. The zero-order chi connectivity index (χ0) is 14.4. The Morgan fingerprint density at radius 3 is 3.00 bits per heavy atom. The minimum atomic E-state index is 0.574. The van der Waals surface area contributed by atoms with E-state index in [-0.39, 0.29) is 0 Å². The van der Waals surface area contributed by atoms with Gasteiger partial charge in [-0.2, -0.15) is 0 Å². The zero-order valence-electron chi connectivity index (χ0n) is 12.9. The lowest BCUT2D eigenvalue weighted by Crippen LogP contribution is -2.40. The Labute approximate surface area is 122 Å². The molecule has 4 heteroatoms. The Balaban J connectivity index is 2.15.